The standard InChI is InChI=1S/C21H28N4O2/c1-5-22-20(24-14-15-9-8-12-23-19(15)26-4)25-17-13-21(2,3)27-18-11-7-6-10-16(17)18/h6-12,17H,5,13-14H2,1-4H3,(H2,22,24,25). The van der Waals surface area contributed by atoms with Crippen molar-refractivity contribution in [2.45, 2.75) is 45.4 Å². The molecule has 27 heavy (non-hydrogen) atoms. The highest BCUT2D eigenvalue weighted by Gasteiger charge is 2.33. The van der Waals surface area contributed by atoms with Gasteiger partial charge in [-0.05, 0) is 32.9 Å². The maximum atomic E-state index is 6.13. The summed E-state index contributed by atoms with van der Waals surface area (Å²) in [6, 6.07) is 12.2. The highest BCUT2D eigenvalue weighted by Crippen LogP contribution is 2.39. The summed E-state index contributed by atoms with van der Waals surface area (Å²) >= 11 is 0. The molecule has 0 fully saturated rings. The quantitative estimate of drug-likeness (QED) is 0.625. The van der Waals surface area contributed by atoms with Crippen molar-refractivity contribution in [2.75, 3.05) is 13.7 Å². The van der Waals surface area contributed by atoms with E-state index in [1.807, 2.05) is 30.3 Å². The van der Waals surface area contributed by atoms with Crippen molar-refractivity contribution in [2.24, 2.45) is 4.99 Å². The van der Waals surface area contributed by atoms with Crippen molar-refractivity contribution in [1.82, 2.24) is 15.6 Å². The maximum Gasteiger partial charge on any atom is 0.218 e. The van der Waals surface area contributed by atoms with Crippen LogP contribution in [0.3, 0.4) is 0 Å². The zero-order valence-electron chi connectivity index (χ0n) is 16.5. The Morgan fingerprint density at radius 1 is 1.30 bits per heavy atom. The summed E-state index contributed by atoms with van der Waals surface area (Å²) < 4.78 is 11.4. The Morgan fingerprint density at radius 3 is 2.89 bits per heavy atom. The summed E-state index contributed by atoms with van der Waals surface area (Å²) in [6.07, 6.45) is 2.57. The Morgan fingerprint density at radius 2 is 2.11 bits per heavy atom. The summed E-state index contributed by atoms with van der Waals surface area (Å²) in [5.41, 5.74) is 1.86. The third-order valence-electron chi connectivity index (χ3n) is 4.48. The van der Waals surface area contributed by atoms with E-state index in [-0.39, 0.29) is 11.6 Å². The van der Waals surface area contributed by atoms with E-state index in [1.165, 1.54) is 0 Å². The Bertz CT molecular complexity index is 804. The van der Waals surface area contributed by atoms with E-state index in [2.05, 4.69) is 42.5 Å². The summed E-state index contributed by atoms with van der Waals surface area (Å²) in [4.78, 5) is 8.98. The van der Waals surface area contributed by atoms with E-state index in [4.69, 9.17) is 14.5 Å². The number of rotatable bonds is 5. The van der Waals surface area contributed by atoms with Gasteiger partial charge in [0, 0.05) is 30.3 Å². The molecule has 6 nitrogen and oxygen atoms in total. The highest BCUT2D eigenvalue weighted by molar-refractivity contribution is 5.80. The predicted octanol–water partition coefficient (Wildman–Crippen LogP) is 3.45. The number of aliphatic imine (C=N–C) groups is 1. The van der Waals surface area contributed by atoms with E-state index in [0.717, 1.165) is 35.8 Å². The number of nitrogens with zero attached hydrogens (tertiary/aromatic N) is 2. The van der Waals surface area contributed by atoms with Crippen LogP contribution in [0.1, 0.15) is 44.4 Å². The van der Waals surface area contributed by atoms with Crippen LogP contribution in [-0.4, -0.2) is 30.2 Å². The lowest BCUT2D eigenvalue weighted by molar-refractivity contribution is 0.0694. The summed E-state index contributed by atoms with van der Waals surface area (Å²) in [6.45, 7) is 7.55. The van der Waals surface area contributed by atoms with E-state index < -0.39 is 0 Å². The first-order valence-corrected chi connectivity index (χ1v) is 9.33. The van der Waals surface area contributed by atoms with Crippen LogP contribution in [0, 0.1) is 0 Å². The Balaban J connectivity index is 1.82. The number of hydrogen-bond acceptors (Lipinski definition) is 4. The van der Waals surface area contributed by atoms with Crippen LogP contribution in [0.4, 0.5) is 0 Å². The Kier molecular flexibility index (Phi) is 5.84. The molecule has 2 aromatic rings. The molecule has 0 radical (unpaired) electrons. The lowest BCUT2D eigenvalue weighted by Crippen LogP contribution is -2.45. The molecule has 0 bridgehead atoms. The van der Waals surface area contributed by atoms with Crippen LogP contribution in [0.2, 0.25) is 0 Å². The van der Waals surface area contributed by atoms with Crippen LogP contribution in [-0.2, 0) is 6.54 Å². The number of methoxy groups -OCH3 is 1. The molecule has 1 unspecified atom stereocenters. The second-order valence-electron chi connectivity index (χ2n) is 7.17. The van der Waals surface area contributed by atoms with Crippen LogP contribution in [0.5, 0.6) is 11.6 Å². The molecule has 0 saturated heterocycles. The molecule has 2 heterocycles. The van der Waals surface area contributed by atoms with E-state index >= 15 is 0 Å². The van der Waals surface area contributed by atoms with Gasteiger partial charge in [0.2, 0.25) is 5.88 Å². The monoisotopic (exact) mass is 368 g/mol. The molecule has 0 amide bonds. The molecule has 0 aliphatic carbocycles. The van der Waals surface area contributed by atoms with Gasteiger partial charge >= 0.3 is 0 Å². The number of hydrogen-bond donors (Lipinski definition) is 2. The number of pyridine rings is 1. The van der Waals surface area contributed by atoms with E-state index in [0.29, 0.717) is 12.4 Å². The van der Waals surface area contributed by atoms with Crippen molar-refractivity contribution in [3.63, 3.8) is 0 Å². The Labute approximate surface area is 161 Å². The van der Waals surface area contributed by atoms with Crippen molar-refractivity contribution in [3.05, 3.63) is 53.7 Å². The average Bonchev–Trinajstić information content (AvgIpc) is 2.65. The number of para-hydroxylation sites is 1. The first-order valence-electron chi connectivity index (χ1n) is 9.33. The lowest BCUT2D eigenvalue weighted by Gasteiger charge is -2.38. The minimum Gasteiger partial charge on any atom is -0.487 e. The van der Waals surface area contributed by atoms with Gasteiger partial charge in [0.05, 0.1) is 19.7 Å². The molecule has 1 aliphatic heterocycles. The number of ether oxygens (including phenoxy) is 2. The Hall–Kier alpha value is -2.76. The SMILES string of the molecule is CCNC(=NCc1cccnc1OC)NC1CC(C)(C)Oc2ccccc21. The smallest absolute Gasteiger partial charge is 0.218 e. The molecular formula is C21H28N4O2. The summed E-state index contributed by atoms with van der Waals surface area (Å²) in [7, 11) is 1.63. The molecule has 2 N–H and O–H groups in total. The molecule has 1 aromatic heterocycles. The number of fused-ring (bicyclic) bond motifs is 1. The normalized spacial score (nSPS) is 18.2. The van der Waals surface area contributed by atoms with Crippen molar-refractivity contribution in [3.8, 4) is 11.6 Å². The van der Waals surface area contributed by atoms with Gasteiger partial charge < -0.3 is 20.1 Å². The van der Waals surface area contributed by atoms with E-state index in [1.54, 1.807) is 13.3 Å². The van der Waals surface area contributed by atoms with Gasteiger partial charge in [-0.3, -0.25) is 0 Å². The van der Waals surface area contributed by atoms with Gasteiger partial charge in [0.1, 0.15) is 11.4 Å². The summed E-state index contributed by atoms with van der Waals surface area (Å²) in [5, 5.41) is 6.91. The van der Waals surface area contributed by atoms with Crippen LogP contribution >= 0.6 is 0 Å². The second kappa shape index (κ2) is 8.29. The van der Waals surface area contributed by atoms with Gasteiger partial charge in [0.15, 0.2) is 5.96 Å². The van der Waals surface area contributed by atoms with Crippen LogP contribution < -0.4 is 20.1 Å². The fraction of sp³-hybridized carbons (Fsp3) is 0.429. The first-order chi connectivity index (χ1) is 13.0. The topological polar surface area (TPSA) is 67.8 Å². The fourth-order valence-corrected chi connectivity index (χ4v) is 3.31. The lowest BCUT2D eigenvalue weighted by atomic mass is 9.90. The number of benzene rings is 1. The third-order valence-corrected chi connectivity index (χ3v) is 4.48. The van der Waals surface area contributed by atoms with Gasteiger partial charge in [-0.25, -0.2) is 9.98 Å². The fourth-order valence-electron chi connectivity index (χ4n) is 3.31. The largest absolute Gasteiger partial charge is 0.487 e. The first kappa shape index (κ1) is 19.0. The molecule has 1 aliphatic rings. The van der Waals surface area contributed by atoms with E-state index in [9.17, 15) is 0 Å². The zero-order chi connectivity index (χ0) is 19.3. The molecule has 6 heteroatoms. The number of guanidine groups is 1. The molecule has 144 valence electrons. The van der Waals surface area contributed by atoms with Crippen LogP contribution in [0.15, 0.2) is 47.6 Å². The minimum atomic E-state index is -0.240. The van der Waals surface area contributed by atoms with Gasteiger partial charge in [-0.1, -0.05) is 24.3 Å². The zero-order valence-corrected chi connectivity index (χ0v) is 16.5. The molecule has 0 spiro atoms. The molecule has 1 atom stereocenters. The van der Waals surface area contributed by atoms with Crippen molar-refractivity contribution < 1.29 is 9.47 Å². The predicted molar refractivity (Wildman–Crippen MR) is 107 cm³/mol. The minimum absolute atomic E-state index is 0.124. The number of nitrogens with one attached hydrogen (secondary N) is 2. The molecule has 0 saturated carbocycles. The van der Waals surface area contributed by atoms with Crippen LogP contribution in [0.25, 0.3) is 0 Å². The van der Waals surface area contributed by atoms with Gasteiger partial charge in [0.25, 0.3) is 0 Å². The van der Waals surface area contributed by atoms with Crippen molar-refractivity contribution in [1.29, 1.82) is 0 Å². The maximum absolute atomic E-state index is 6.13. The summed E-state index contributed by atoms with van der Waals surface area (Å²) in [5.74, 6) is 2.30. The molecule has 3 rings (SSSR count). The number of aromatic nitrogens is 1. The second-order valence-corrected chi connectivity index (χ2v) is 7.17. The molecular weight excluding hydrogens is 340 g/mol. The third kappa shape index (κ3) is 4.70. The average molecular weight is 368 g/mol. The van der Waals surface area contributed by atoms with Gasteiger partial charge in [-0.2, -0.15) is 0 Å². The highest BCUT2D eigenvalue weighted by atomic mass is 16.5. The van der Waals surface area contributed by atoms with Gasteiger partial charge in [-0.15, -0.1) is 0 Å². The van der Waals surface area contributed by atoms with Crippen molar-refractivity contribution >= 4 is 5.96 Å². The molecule has 1 aromatic carbocycles.